The number of hydrogen-bond acceptors (Lipinski definition) is 2. The average Bonchev–Trinajstić information content (AvgIpc) is 2.54. The van der Waals surface area contributed by atoms with Gasteiger partial charge in [0.2, 0.25) is 5.91 Å². The Morgan fingerprint density at radius 2 is 1.91 bits per heavy atom. The van der Waals surface area contributed by atoms with E-state index in [-0.39, 0.29) is 5.91 Å². The van der Waals surface area contributed by atoms with Gasteiger partial charge < -0.3 is 10.6 Å². The highest BCUT2D eigenvalue weighted by atomic mass is 16.2. The van der Waals surface area contributed by atoms with Gasteiger partial charge >= 0.3 is 0 Å². The minimum atomic E-state index is -0.480. The van der Waals surface area contributed by atoms with Crippen LogP contribution in [0.5, 0.6) is 0 Å². The van der Waals surface area contributed by atoms with Crippen molar-refractivity contribution in [3.63, 3.8) is 0 Å². The van der Waals surface area contributed by atoms with E-state index in [4.69, 9.17) is 5.73 Å². The Morgan fingerprint density at radius 1 is 1.36 bits per heavy atom. The van der Waals surface area contributed by atoms with Crippen LogP contribution in [0, 0.1) is 0 Å². The summed E-state index contributed by atoms with van der Waals surface area (Å²) in [6.45, 7) is 1.50. The molecule has 3 heteroatoms. The highest BCUT2D eigenvalue weighted by Crippen LogP contribution is 2.34. The molecule has 0 saturated heterocycles. The molecule has 0 aromatic heterocycles. The van der Waals surface area contributed by atoms with E-state index in [1.165, 1.54) is 0 Å². The zero-order valence-corrected chi connectivity index (χ0v) is 6.42. The molecule has 1 saturated carbocycles. The Kier molecular flexibility index (Phi) is 1.29. The maximum Gasteiger partial charge on any atom is 0.243 e. The molecule has 0 bridgehead atoms. The zero-order valence-electron chi connectivity index (χ0n) is 6.42. The highest BCUT2D eigenvalue weighted by Gasteiger charge is 2.48. The largest absolute Gasteiger partial charge is 0.334 e. The molecule has 1 amide bonds. The van der Waals surface area contributed by atoms with Gasteiger partial charge in [-0.1, -0.05) is 12.2 Å². The number of nitrogens with zero attached hydrogens (tertiary/aromatic N) is 1. The van der Waals surface area contributed by atoms with Crippen molar-refractivity contribution in [2.45, 2.75) is 18.4 Å². The lowest BCUT2D eigenvalue weighted by Gasteiger charge is -2.19. The molecule has 60 valence electrons. The van der Waals surface area contributed by atoms with E-state index in [2.05, 4.69) is 0 Å². The van der Waals surface area contributed by atoms with E-state index >= 15 is 0 Å². The first kappa shape index (κ1) is 6.85. The SMILES string of the molecule is NC1(C(=O)N2CC=CC2)CC1. The molecule has 0 radical (unpaired) electrons. The van der Waals surface area contributed by atoms with Crippen LogP contribution in [-0.2, 0) is 4.79 Å². The van der Waals surface area contributed by atoms with E-state index in [9.17, 15) is 4.79 Å². The van der Waals surface area contributed by atoms with Crippen molar-refractivity contribution in [2.24, 2.45) is 5.73 Å². The Labute approximate surface area is 65.9 Å². The number of nitrogens with two attached hydrogens (primary N) is 1. The van der Waals surface area contributed by atoms with Crippen molar-refractivity contribution in [1.82, 2.24) is 4.90 Å². The van der Waals surface area contributed by atoms with Crippen molar-refractivity contribution in [2.75, 3.05) is 13.1 Å². The van der Waals surface area contributed by atoms with Crippen molar-refractivity contribution in [3.8, 4) is 0 Å². The van der Waals surface area contributed by atoms with Crippen molar-refractivity contribution in [3.05, 3.63) is 12.2 Å². The molecule has 2 aliphatic rings. The summed E-state index contributed by atoms with van der Waals surface area (Å²) in [6.07, 6.45) is 5.73. The lowest BCUT2D eigenvalue weighted by atomic mass is 10.2. The molecule has 1 heterocycles. The molecule has 0 unspecified atom stereocenters. The predicted octanol–water partition coefficient (Wildman–Crippen LogP) is -0.124. The second-order valence-corrected chi connectivity index (χ2v) is 3.34. The van der Waals surface area contributed by atoms with E-state index in [1.807, 2.05) is 12.2 Å². The quantitative estimate of drug-likeness (QED) is 0.532. The minimum absolute atomic E-state index is 0.127. The van der Waals surface area contributed by atoms with Gasteiger partial charge in [-0.3, -0.25) is 4.79 Å². The lowest BCUT2D eigenvalue weighted by molar-refractivity contribution is -0.132. The summed E-state index contributed by atoms with van der Waals surface area (Å²) >= 11 is 0. The first-order valence-electron chi connectivity index (χ1n) is 3.96. The fraction of sp³-hybridized carbons (Fsp3) is 0.625. The van der Waals surface area contributed by atoms with Gasteiger partial charge in [0.1, 0.15) is 0 Å². The summed E-state index contributed by atoms with van der Waals surface area (Å²) < 4.78 is 0. The second kappa shape index (κ2) is 2.08. The van der Waals surface area contributed by atoms with Crippen LogP contribution in [0.4, 0.5) is 0 Å². The second-order valence-electron chi connectivity index (χ2n) is 3.34. The molecule has 1 aliphatic heterocycles. The van der Waals surface area contributed by atoms with Crippen LogP contribution in [0.3, 0.4) is 0 Å². The average molecular weight is 152 g/mol. The summed E-state index contributed by atoms with van der Waals surface area (Å²) in [5.41, 5.74) is 5.27. The molecule has 0 aromatic rings. The molecular formula is C8H12N2O. The summed E-state index contributed by atoms with van der Waals surface area (Å²) in [7, 11) is 0. The van der Waals surface area contributed by atoms with Gasteiger partial charge in [-0.15, -0.1) is 0 Å². The highest BCUT2D eigenvalue weighted by molar-refractivity contribution is 5.89. The van der Waals surface area contributed by atoms with Crippen LogP contribution in [0.15, 0.2) is 12.2 Å². The van der Waals surface area contributed by atoms with Gasteiger partial charge in [0, 0.05) is 13.1 Å². The minimum Gasteiger partial charge on any atom is -0.334 e. The zero-order chi connectivity index (χ0) is 7.90. The van der Waals surface area contributed by atoms with Crippen LogP contribution in [-0.4, -0.2) is 29.4 Å². The molecule has 0 aromatic carbocycles. The normalized spacial score (nSPS) is 25.7. The fourth-order valence-electron chi connectivity index (χ4n) is 1.31. The van der Waals surface area contributed by atoms with E-state index in [0.717, 1.165) is 25.9 Å². The predicted molar refractivity (Wildman–Crippen MR) is 41.9 cm³/mol. The maximum atomic E-state index is 11.5. The molecule has 3 nitrogen and oxygen atoms in total. The number of rotatable bonds is 1. The molecule has 1 aliphatic carbocycles. The maximum absolute atomic E-state index is 11.5. The molecule has 2 N–H and O–H groups in total. The number of hydrogen-bond donors (Lipinski definition) is 1. The van der Waals surface area contributed by atoms with Gasteiger partial charge in [0.15, 0.2) is 0 Å². The first-order chi connectivity index (χ1) is 5.22. The van der Waals surface area contributed by atoms with E-state index < -0.39 is 5.54 Å². The van der Waals surface area contributed by atoms with E-state index in [0.29, 0.717) is 0 Å². The number of amides is 1. The van der Waals surface area contributed by atoms with Crippen LogP contribution >= 0.6 is 0 Å². The lowest BCUT2D eigenvalue weighted by Crippen LogP contribution is -2.44. The van der Waals surface area contributed by atoms with Crippen LogP contribution in [0.1, 0.15) is 12.8 Å². The van der Waals surface area contributed by atoms with Crippen LogP contribution in [0.25, 0.3) is 0 Å². The Balaban J connectivity index is 2.00. The van der Waals surface area contributed by atoms with Gasteiger partial charge in [-0.05, 0) is 12.8 Å². The van der Waals surface area contributed by atoms with Gasteiger partial charge in [-0.2, -0.15) is 0 Å². The molecule has 1 fully saturated rings. The molecule has 0 spiro atoms. The summed E-state index contributed by atoms with van der Waals surface area (Å²) in [6, 6.07) is 0. The third-order valence-corrected chi connectivity index (χ3v) is 2.32. The third-order valence-electron chi connectivity index (χ3n) is 2.32. The van der Waals surface area contributed by atoms with Gasteiger partial charge in [0.05, 0.1) is 5.54 Å². The van der Waals surface area contributed by atoms with Crippen molar-refractivity contribution < 1.29 is 4.79 Å². The number of carbonyl (C=O) groups is 1. The van der Waals surface area contributed by atoms with Crippen LogP contribution in [0.2, 0.25) is 0 Å². The fourth-order valence-corrected chi connectivity index (χ4v) is 1.31. The summed E-state index contributed by atoms with van der Waals surface area (Å²) in [5, 5.41) is 0. The molecule has 2 rings (SSSR count). The number of carbonyl (C=O) groups excluding carboxylic acids is 1. The standard InChI is InChI=1S/C8H12N2O/c9-8(3-4-8)7(11)10-5-1-2-6-10/h1-2H,3-6,9H2. The smallest absolute Gasteiger partial charge is 0.243 e. The van der Waals surface area contributed by atoms with Crippen molar-refractivity contribution in [1.29, 1.82) is 0 Å². The molecule has 11 heavy (non-hydrogen) atoms. The molecular weight excluding hydrogens is 140 g/mol. The third kappa shape index (κ3) is 1.05. The Hall–Kier alpha value is -0.830. The first-order valence-corrected chi connectivity index (χ1v) is 3.96. The van der Waals surface area contributed by atoms with Crippen LogP contribution < -0.4 is 5.73 Å². The summed E-state index contributed by atoms with van der Waals surface area (Å²) in [5.74, 6) is 0.127. The summed E-state index contributed by atoms with van der Waals surface area (Å²) in [4.78, 5) is 13.3. The van der Waals surface area contributed by atoms with Gasteiger partial charge in [-0.25, -0.2) is 0 Å². The molecule has 0 atom stereocenters. The topological polar surface area (TPSA) is 46.3 Å². The Bertz CT molecular complexity index is 210. The monoisotopic (exact) mass is 152 g/mol. The van der Waals surface area contributed by atoms with Gasteiger partial charge in [0.25, 0.3) is 0 Å². The Morgan fingerprint density at radius 3 is 2.36 bits per heavy atom. The van der Waals surface area contributed by atoms with Crippen molar-refractivity contribution >= 4 is 5.91 Å². The van der Waals surface area contributed by atoms with E-state index in [1.54, 1.807) is 4.90 Å².